The third-order valence-electron chi connectivity index (χ3n) is 6.06. The van der Waals surface area contributed by atoms with E-state index >= 15 is 0 Å². The van der Waals surface area contributed by atoms with Crippen molar-refractivity contribution in [1.29, 1.82) is 0 Å². The molecular weight excluding hydrogens is 394 g/mol. The monoisotopic (exact) mass is 423 g/mol. The average molecular weight is 424 g/mol. The summed E-state index contributed by atoms with van der Waals surface area (Å²) in [4.78, 5) is 41.3. The Kier molecular flexibility index (Phi) is 5.25. The first-order valence-corrected chi connectivity index (χ1v) is 10.6. The van der Waals surface area contributed by atoms with Gasteiger partial charge in [-0.25, -0.2) is 0 Å². The summed E-state index contributed by atoms with van der Waals surface area (Å²) in [5.41, 5.74) is -0.644. The summed E-state index contributed by atoms with van der Waals surface area (Å²) >= 11 is 0. The highest BCUT2D eigenvalue weighted by Crippen LogP contribution is 2.55. The minimum Gasteiger partial charge on any atom is -0.359 e. The lowest BCUT2D eigenvalue weighted by molar-refractivity contribution is -0.141. The molecule has 2 N–H and O–H groups in total. The summed E-state index contributed by atoms with van der Waals surface area (Å²) < 4.78 is 6.24. The number of amides is 3. The smallest absolute Gasteiger partial charge is 0.246 e. The molecule has 0 saturated carbocycles. The molecule has 0 aliphatic carbocycles. The van der Waals surface area contributed by atoms with Crippen LogP contribution >= 0.6 is 0 Å². The van der Waals surface area contributed by atoms with Gasteiger partial charge in [-0.05, 0) is 26.3 Å². The lowest BCUT2D eigenvalue weighted by Crippen LogP contribution is -2.57. The van der Waals surface area contributed by atoms with Crippen LogP contribution in [-0.2, 0) is 25.7 Å². The molecule has 0 unspecified atom stereocenters. The van der Waals surface area contributed by atoms with E-state index in [0.717, 1.165) is 5.56 Å². The molecule has 1 aromatic rings. The number of carbonyl (C=O) groups excluding carboxylic acids is 3. The number of ether oxygens (including phenoxy) is 1. The molecule has 0 radical (unpaired) electrons. The van der Waals surface area contributed by atoms with Crippen molar-refractivity contribution in [2.24, 2.45) is 11.8 Å². The molecule has 3 heterocycles. The summed E-state index contributed by atoms with van der Waals surface area (Å²) in [6.45, 7) is 9.97. The van der Waals surface area contributed by atoms with Gasteiger partial charge < -0.3 is 20.3 Å². The Labute approximate surface area is 182 Å². The zero-order valence-corrected chi connectivity index (χ0v) is 18.1. The molecule has 5 atom stereocenters. The first kappa shape index (κ1) is 21.3. The Balaban J connectivity index is 1.61. The molecule has 0 aromatic heterocycles. The summed E-state index contributed by atoms with van der Waals surface area (Å²) in [6.07, 6.45) is 4.68. The normalized spacial score (nSPS) is 30.9. The third-order valence-corrected chi connectivity index (χ3v) is 6.06. The van der Waals surface area contributed by atoms with E-state index in [-0.39, 0.29) is 24.3 Å². The minimum atomic E-state index is -1.14. The van der Waals surface area contributed by atoms with Gasteiger partial charge in [0.25, 0.3) is 0 Å². The summed E-state index contributed by atoms with van der Waals surface area (Å²) in [7, 11) is 0. The molecule has 3 amide bonds. The molecule has 2 saturated heterocycles. The van der Waals surface area contributed by atoms with Crippen LogP contribution in [0.2, 0.25) is 0 Å². The third kappa shape index (κ3) is 3.57. The van der Waals surface area contributed by atoms with Crippen molar-refractivity contribution >= 4 is 17.7 Å². The van der Waals surface area contributed by atoms with Crippen LogP contribution in [0.25, 0.3) is 0 Å². The van der Waals surface area contributed by atoms with Crippen molar-refractivity contribution in [1.82, 2.24) is 15.5 Å². The number of rotatable bonds is 6. The van der Waals surface area contributed by atoms with Gasteiger partial charge in [0.15, 0.2) is 0 Å². The van der Waals surface area contributed by atoms with Crippen molar-refractivity contribution in [2.45, 2.75) is 50.6 Å². The predicted octanol–water partition coefficient (Wildman–Crippen LogP) is 1.55. The van der Waals surface area contributed by atoms with Crippen molar-refractivity contribution in [3.8, 4) is 0 Å². The van der Waals surface area contributed by atoms with E-state index in [1.54, 1.807) is 12.2 Å². The van der Waals surface area contributed by atoms with Crippen molar-refractivity contribution < 1.29 is 19.1 Å². The second-order valence-electron chi connectivity index (χ2n) is 9.42. The second kappa shape index (κ2) is 7.64. The summed E-state index contributed by atoms with van der Waals surface area (Å²) in [6, 6.07) is 8.74. The van der Waals surface area contributed by atoms with Crippen LogP contribution in [0.5, 0.6) is 0 Å². The zero-order valence-electron chi connectivity index (χ0n) is 18.1. The fraction of sp³-hybridized carbons (Fsp3) is 0.458. The topological polar surface area (TPSA) is 87.7 Å². The molecule has 7 nitrogen and oxygen atoms in total. The lowest BCUT2D eigenvalue weighted by atomic mass is 9.74. The summed E-state index contributed by atoms with van der Waals surface area (Å²) in [5, 5.41) is 5.91. The number of nitrogens with zero attached hydrogens (tertiary/aromatic N) is 1. The number of hydrogen-bond donors (Lipinski definition) is 2. The Bertz CT molecular complexity index is 936. The first-order chi connectivity index (χ1) is 14.7. The van der Waals surface area contributed by atoms with Gasteiger partial charge in [0, 0.05) is 18.6 Å². The van der Waals surface area contributed by atoms with E-state index < -0.39 is 35.1 Å². The molecule has 2 fully saturated rings. The Morgan fingerprint density at radius 3 is 2.58 bits per heavy atom. The highest BCUT2D eigenvalue weighted by Gasteiger charge is 2.72. The van der Waals surface area contributed by atoms with Crippen LogP contribution in [0.3, 0.4) is 0 Å². The molecule has 1 aromatic carbocycles. The van der Waals surface area contributed by atoms with Crippen LogP contribution in [-0.4, -0.2) is 52.5 Å². The maximum Gasteiger partial charge on any atom is 0.246 e. The Morgan fingerprint density at radius 1 is 1.23 bits per heavy atom. The zero-order chi connectivity index (χ0) is 22.4. The average Bonchev–Trinajstić information content (AvgIpc) is 3.34. The molecule has 1 spiro atoms. The number of carbonyl (C=O) groups is 3. The van der Waals surface area contributed by atoms with Crippen LogP contribution in [0, 0.1) is 11.8 Å². The maximum atomic E-state index is 13.4. The quantitative estimate of drug-likeness (QED) is 0.680. The lowest BCUT2D eigenvalue weighted by Gasteiger charge is -2.34. The van der Waals surface area contributed by atoms with E-state index in [9.17, 15) is 14.4 Å². The van der Waals surface area contributed by atoms with E-state index in [1.165, 1.54) is 4.90 Å². The van der Waals surface area contributed by atoms with Gasteiger partial charge in [-0.2, -0.15) is 0 Å². The fourth-order valence-corrected chi connectivity index (χ4v) is 4.94. The fourth-order valence-electron chi connectivity index (χ4n) is 4.94. The molecule has 4 rings (SSSR count). The van der Waals surface area contributed by atoms with Crippen molar-refractivity contribution in [3.05, 3.63) is 60.7 Å². The maximum absolute atomic E-state index is 13.4. The first-order valence-electron chi connectivity index (χ1n) is 10.6. The highest BCUT2D eigenvalue weighted by molar-refractivity contribution is 6.00. The highest BCUT2D eigenvalue weighted by atomic mass is 16.5. The molecule has 2 bridgehead atoms. The van der Waals surface area contributed by atoms with Gasteiger partial charge in [-0.15, -0.1) is 6.58 Å². The molecule has 7 heteroatoms. The van der Waals surface area contributed by atoms with Crippen LogP contribution < -0.4 is 10.6 Å². The van der Waals surface area contributed by atoms with Gasteiger partial charge in [0.05, 0.1) is 17.9 Å². The van der Waals surface area contributed by atoms with Crippen molar-refractivity contribution in [2.75, 3.05) is 6.54 Å². The molecule has 3 aliphatic rings. The van der Waals surface area contributed by atoms with Crippen LogP contribution in [0.4, 0.5) is 0 Å². The number of nitrogens with one attached hydrogen (secondary N) is 2. The molecule has 31 heavy (non-hydrogen) atoms. The molecule has 3 aliphatic heterocycles. The van der Waals surface area contributed by atoms with E-state index in [1.807, 2.05) is 57.2 Å². The van der Waals surface area contributed by atoms with Gasteiger partial charge in [-0.3, -0.25) is 14.4 Å². The van der Waals surface area contributed by atoms with Crippen molar-refractivity contribution in [3.63, 3.8) is 0 Å². The number of benzene rings is 1. The minimum absolute atomic E-state index is 0.208. The Morgan fingerprint density at radius 2 is 1.94 bits per heavy atom. The van der Waals surface area contributed by atoms with Crippen LogP contribution in [0.1, 0.15) is 26.3 Å². The van der Waals surface area contributed by atoms with Gasteiger partial charge in [0.2, 0.25) is 17.7 Å². The van der Waals surface area contributed by atoms with E-state index in [0.29, 0.717) is 6.54 Å². The van der Waals surface area contributed by atoms with Gasteiger partial charge >= 0.3 is 0 Å². The van der Waals surface area contributed by atoms with E-state index in [4.69, 9.17) is 4.74 Å². The number of likely N-dealkylation sites (tertiary alicyclic amines) is 1. The summed E-state index contributed by atoms with van der Waals surface area (Å²) in [5.74, 6) is -2.20. The predicted molar refractivity (Wildman–Crippen MR) is 116 cm³/mol. The Hall–Kier alpha value is -2.93. The number of hydrogen-bond acceptors (Lipinski definition) is 4. The second-order valence-corrected chi connectivity index (χ2v) is 9.42. The molecule has 164 valence electrons. The number of fused-ring (bicyclic) bond motifs is 1. The standard InChI is InChI=1S/C24H29N3O4/c1-5-13-27-19(21(29)26-23(2,3)4)24-12-11-16(31-24)17(18(24)22(27)30)20(28)25-14-15-9-7-6-8-10-15/h5-12,16-19H,1,13-14H2,2-4H3,(H,25,28)(H,26,29)/t16-,17+,18+,19+,24+/m1/s1. The van der Waals surface area contributed by atoms with E-state index in [2.05, 4.69) is 17.2 Å². The SMILES string of the molecule is C=CCN1C(=O)[C@@H]2[C@@H](C(=O)NCc3ccccc3)[C@H]3C=C[C@@]2(O3)[C@@H]1C(=O)NC(C)(C)C. The largest absolute Gasteiger partial charge is 0.359 e. The van der Waals surface area contributed by atoms with Gasteiger partial charge in [-0.1, -0.05) is 48.6 Å². The van der Waals surface area contributed by atoms with Crippen LogP contribution in [0.15, 0.2) is 55.1 Å². The van der Waals surface area contributed by atoms with Gasteiger partial charge in [0.1, 0.15) is 11.6 Å². The molecular formula is C24H29N3O4.